The number of aryl methyl sites for hydroxylation is 1. The van der Waals surface area contributed by atoms with Crippen LogP contribution in [0.4, 0.5) is 0 Å². The number of hydrogen-bond acceptors (Lipinski definition) is 5. The van der Waals surface area contributed by atoms with Crippen LogP contribution in [0.15, 0.2) is 30.3 Å². The Bertz CT molecular complexity index is 892. The lowest BCUT2D eigenvalue weighted by atomic mass is 10.1. The molecule has 4 rings (SSSR count). The first-order chi connectivity index (χ1) is 11.7. The number of hydrogen-bond donors (Lipinski definition) is 0. The fourth-order valence-electron chi connectivity index (χ4n) is 3.14. The van der Waals surface area contributed by atoms with E-state index < -0.39 is 0 Å². The summed E-state index contributed by atoms with van der Waals surface area (Å²) in [6.07, 6.45) is 4.58. The van der Waals surface area contributed by atoms with Gasteiger partial charge < -0.3 is 0 Å². The molecule has 0 N–H and O–H groups in total. The quantitative estimate of drug-likeness (QED) is 0.728. The summed E-state index contributed by atoms with van der Waals surface area (Å²) < 4.78 is 1.88. The molecule has 1 aromatic carbocycles. The third-order valence-electron chi connectivity index (χ3n) is 4.37. The molecular formula is C18H21N5S. The molecule has 0 spiro atoms. The van der Waals surface area contributed by atoms with Crippen molar-refractivity contribution in [2.45, 2.75) is 26.7 Å². The summed E-state index contributed by atoms with van der Waals surface area (Å²) in [5, 5.41) is 14.5. The molecule has 24 heavy (non-hydrogen) atoms. The molecule has 6 heteroatoms. The summed E-state index contributed by atoms with van der Waals surface area (Å²) in [6.45, 7) is 7.63. The summed E-state index contributed by atoms with van der Waals surface area (Å²) in [7, 11) is 0. The number of fused-ring (bicyclic) bond motifs is 1. The summed E-state index contributed by atoms with van der Waals surface area (Å²) in [4.78, 5) is 3.35. The van der Waals surface area contributed by atoms with Crippen LogP contribution in [0.1, 0.15) is 30.3 Å². The molecule has 0 fully saturated rings. The van der Waals surface area contributed by atoms with Gasteiger partial charge in [0.2, 0.25) is 4.96 Å². The second-order valence-electron chi connectivity index (χ2n) is 6.27. The van der Waals surface area contributed by atoms with Gasteiger partial charge in [0, 0.05) is 18.7 Å². The van der Waals surface area contributed by atoms with Crippen molar-refractivity contribution in [3.8, 4) is 11.4 Å². The SMILES string of the molecule is CCCN1CC=C(c2nn3c(-c4cccc(C)c4)nnc3s2)CC1. The molecule has 124 valence electrons. The Morgan fingerprint density at radius 3 is 2.92 bits per heavy atom. The van der Waals surface area contributed by atoms with Crippen molar-refractivity contribution in [1.29, 1.82) is 0 Å². The summed E-state index contributed by atoms with van der Waals surface area (Å²) in [6, 6.07) is 8.32. The lowest BCUT2D eigenvalue weighted by Gasteiger charge is -2.24. The summed E-state index contributed by atoms with van der Waals surface area (Å²) >= 11 is 1.63. The molecule has 0 saturated carbocycles. The maximum absolute atomic E-state index is 4.80. The Hall–Kier alpha value is -2.05. The fraction of sp³-hybridized carbons (Fsp3) is 0.389. The van der Waals surface area contributed by atoms with Crippen molar-refractivity contribution in [3.63, 3.8) is 0 Å². The van der Waals surface area contributed by atoms with Gasteiger partial charge in [-0.3, -0.25) is 4.90 Å². The number of nitrogens with zero attached hydrogens (tertiary/aromatic N) is 5. The third kappa shape index (κ3) is 2.87. The average molecular weight is 339 g/mol. The Kier molecular flexibility index (Phi) is 4.16. The second kappa shape index (κ2) is 6.45. The lowest BCUT2D eigenvalue weighted by molar-refractivity contribution is 0.302. The molecule has 0 radical (unpaired) electrons. The van der Waals surface area contributed by atoms with E-state index in [4.69, 9.17) is 5.10 Å². The van der Waals surface area contributed by atoms with Gasteiger partial charge in [-0.15, -0.1) is 10.2 Å². The maximum atomic E-state index is 4.80. The van der Waals surface area contributed by atoms with E-state index in [1.807, 2.05) is 10.6 Å². The van der Waals surface area contributed by atoms with Crippen molar-refractivity contribution in [2.24, 2.45) is 0 Å². The largest absolute Gasteiger partial charge is 0.299 e. The highest BCUT2D eigenvalue weighted by Gasteiger charge is 2.18. The minimum Gasteiger partial charge on any atom is -0.299 e. The van der Waals surface area contributed by atoms with E-state index >= 15 is 0 Å². The van der Waals surface area contributed by atoms with Crippen molar-refractivity contribution in [2.75, 3.05) is 19.6 Å². The van der Waals surface area contributed by atoms with Crippen LogP contribution < -0.4 is 0 Å². The highest BCUT2D eigenvalue weighted by molar-refractivity contribution is 7.17. The van der Waals surface area contributed by atoms with Crippen LogP contribution in [0, 0.1) is 6.92 Å². The molecule has 5 nitrogen and oxygen atoms in total. The Labute approximate surface area is 145 Å². The van der Waals surface area contributed by atoms with E-state index in [0.717, 1.165) is 40.9 Å². The van der Waals surface area contributed by atoms with Gasteiger partial charge in [0.1, 0.15) is 5.01 Å². The van der Waals surface area contributed by atoms with Crippen LogP contribution in [-0.4, -0.2) is 44.3 Å². The smallest absolute Gasteiger partial charge is 0.235 e. The van der Waals surface area contributed by atoms with E-state index in [1.54, 1.807) is 11.3 Å². The van der Waals surface area contributed by atoms with Gasteiger partial charge in [0.05, 0.1) is 0 Å². The molecule has 0 bridgehead atoms. The van der Waals surface area contributed by atoms with Crippen molar-refractivity contribution < 1.29 is 0 Å². The van der Waals surface area contributed by atoms with Gasteiger partial charge in [-0.05, 0) is 37.9 Å². The van der Waals surface area contributed by atoms with Crippen LogP contribution in [0.3, 0.4) is 0 Å². The van der Waals surface area contributed by atoms with Crippen LogP contribution in [0.2, 0.25) is 0 Å². The topological polar surface area (TPSA) is 46.3 Å². The predicted molar refractivity (Wildman–Crippen MR) is 98.2 cm³/mol. The van der Waals surface area contributed by atoms with Crippen LogP contribution in [0.5, 0.6) is 0 Å². The summed E-state index contributed by atoms with van der Waals surface area (Å²) in [5.74, 6) is 0.820. The molecule has 0 atom stereocenters. The van der Waals surface area contributed by atoms with Gasteiger partial charge in [-0.1, -0.05) is 48.1 Å². The zero-order valence-corrected chi connectivity index (χ0v) is 14.9. The molecule has 1 aliphatic heterocycles. The normalized spacial score (nSPS) is 15.8. The van der Waals surface area contributed by atoms with Crippen molar-refractivity contribution >= 4 is 21.9 Å². The van der Waals surface area contributed by atoms with E-state index in [1.165, 1.54) is 24.1 Å². The Morgan fingerprint density at radius 1 is 1.25 bits per heavy atom. The minimum absolute atomic E-state index is 0.820. The van der Waals surface area contributed by atoms with Crippen molar-refractivity contribution in [3.05, 3.63) is 40.9 Å². The van der Waals surface area contributed by atoms with Gasteiger partial charge in [0.15, 0.2) is 5.82 Å². The van der Waals surface area contributed by atoms with Crippen molar-refractivity contribution in [1.82, 2.24) is 24.7 Å². The molecule has 2 aromatic heterocycles. The molecule has 0 aliphatic carbocycles. The fourth-order valence-corrected chi connectivity index (χ4v) is 4.04. The summed E-state index contributed by atoms with van der Waals surface area (Å²) in [5.41, 5.74) is 3.62. The maximum Gasteiger partial charge on any atom is 0.235 e. The molecule has 0 saturated heterocycles. The molecule has 3 heterocycles. The number of aromatic nitrogens is 4. The Morgan fingerprint density at radius 2 is 2.17 bits per heavy atom. The molecule has 1 aliphatic rings. The van der Waals surface area contributed by atoms with Gasteiger partial charge in [0.25, 0.3) is 0 Å². The van der Waals surface area contributed by atoms with E-state index in [9.17, 15) is 0 Å². The van der Waals surface area contributed by atoms with E-state index in [-0.39, 0.29) is 0 Å². The zero-order chi connectivity index (χ0) is 16.5. The highest BCUT2D eigenvalue weighted by atomic mass is 32.1. The monoisotopic (exact) mass is 339 g/mol. The highest BCUT2D eigenvalue weighted by Crippen LogP contribution is 2.28. The zero-order valence-electron chi connectivity index (χ0n) is 14.1. The first kappa shape index (κ1) is 15.5. The standard InChI is InChI=1S/C18H21N5S/c1-3-9-22-10-7-14(8-11-22)17-21-23-16(19-20-18(23)24-17)15-6-4-5-13(2)12-15/h4-7,12H,3,8-11H2,1-2H3. The van der Waals surface area contributed by atoms with Crippen LogP contribution >= 0.6 is 11.3 Å². The predicted octanol–water partition coefficient (Wildman–Crippen LogP) is 3.66. The molecule has 0 unspecified atom stereocenters. The van der Waals surface area contributed by atoms with E-state index in [0.29, 0.717) is 0 Å². The minimum atomic E-state index is 0.820. The van der Waals surface area contributed by atoms with Crippen LogP contribution in [-0.2, 0) is 0 Å². The first-order valence-electron chi connectivity index (χ1n) is 8.45. The second-order valence-corrected chi connectivity index (χ2v) is 7.23. The third-order valence-corrected chi connectivity index (χ3v) is 5.35. The molecule has 3 aromatic rings. The first-order valence-corrected chi connectivity index (χ1v) is 9.27. The molecule has 0 amide bonds. The molecular weight excluding hydrogens is 318 g/mol. The lowest BCUT2D eigenvalue weighted by Crippen LogP contribution is -2.29. The van der Waals surface area contributed by atoms with Gasteiger partial charge in [-0.25, -0.2) is 0 Å². The Balaban J connectivity index is 1.65. The van der Waals surface area contributed by atoms with E-state index in [2.05, 4.69) is 53.2 Å². The number of rotatable bonds is 4. The average Bonchev–Trinajstić information content (AvgIpc) is 3.16. The number of benzene rings is 1. The van der Waals surface area contributed by atoms with Gasteiger partial charge in [-0.2, -0.15) is 9.61 Å². The van der Waals surface area contributed by atoms with Crippen LogP contribution in [0.25, 0.3) is 21.9 Å². The van der Waals surface area contributed by atoms with Gasteiger partial charge >= 0.3 is 0 Å².